The minimum Gasteiger partial charge on any atom is -0.460 e. The number of allylic oxidation sites excluding steroid dienone is 2. The molecule has 0 unspecified atom stereocenters. The van der Waals surface area contributed by atoms with Gasteiger partial charge in [-0.3, -0.25) is 4.79 Å². The normalized spacial score (nSPS) is 29.4. The number of hydrogen-bond acceptors (Lipinski definition) is 4. The van der Waals surface area contributed by atoms with E-state index >= 15 is 0 Å². The van der Waals surface area contributed by atoms with Crippen molar-refractivity contribution in [1.82, 2.24) is 0 Å². The van der Waals surface area contributed by atoms with E-state index in [4.69, 9.17) is 14.2 Å². The van der Waals surface area contributed by atoms with Crippen LogP contribution < -0.4 is 0 Å². The molecule has 0 radical (unpaired) electrons. The van der Waals surface area contributed by atoms with Gasteiger partial charge >= 0.3 is 5.97 Å². The Morgan fingerprint density at radius 1 is 1.58 bits per heavy atom. The zero-order chi connectivity index (χ0) is 13.7. The summed E-state index contributed by atoms with van der Waals surface area (Å²) in [7, 11) is 0. The molecule has 0 aliphatic carbocycles. The summed E-state index contributed by atoms with van der Waals surface area (Å²) in [4.78, 5) is 10.9. The van der Waals surface area contributed by atoms with Crippen LogP contribution in [0.1, 0.15) is 20.3 Å². The Morgan fingerprint density at radius 3 is 3.16 bits per heavy atom. The van der Waals surface area contributed by atoms with Crippen LogP contribution in [0.4, 0.5) is 0 Å². The van der Waals surface area contributed by atoms with Crippen LogP contribution in [0.3, 0.4) is 0 Å². The monoisotopic (exact) mass is 258 g/mol. The molecule has 4 nitrogen and oxygen atoms in total. The molecule has 19 heavy (non-hydrogen) atoms. The molecule has 0 aromatic heterocycles. The summed E-state index contributed by atoms with van der Waals surface area (Å²) in [6.45, 7) is 3.44. The first-order valence-corrected chi connectivity index (χ1v) is 5.95. The van der Waals surface area contributed by atoms with Crippen LogP contribution in [0.2, 0.25) is 0 Å². The third kappa shape index (κ3) is 3.40. The molecule has 98 valence electrons. The summed E-state index contributed by atoms with van der Waals surface area (Å²) in [6.07, 6.45) is 5.47. The molecule has 0 aromatic rings. The van der Waals surface area contributed by atoms with Crippen LogP contribution in [0.5, 0.6) is 0 Å². The Morgan fingerprint density at radius 2 is 2.42 bits per heavy atom. The van der Waals surface area contributed by atoms with Gasteiger partial charge in [-0.25, -0.2) is 0 Å². The predicted octanol–water partition coefficient (Wildman–Crippen LogP) is 1.53. The Bertz CT molecular complexity index is 550. The summed E-state index contributed by atoms with van der Waals surface area (Å²) in [5.41, 5.74) is 0. The molecular formula is C15H14O4. The highest BCUT2D eigenvalue weighted by Gasteiger charge is 2.44. The molecule has 2 aliphatic heterocycles. The summed E-state index contributed by atoms with van der Waals surface area (Å²) in [5.74, 6) is 10.2. The molecule has 2 rings (SSSR count). The number of esters is 1. The van der Waals surface area contributed by atoms with Gasteiger partial charge in [-0.15, -0.1) is 0 Å². The molecule has 2 aliphatic rings. The Kier molecular flexibility index (Phi) is 3.94. The second-order valence-corrected chi connectivity index (χ2v) is 4.18. The van der Waals surface area contributed by atoms with Gasteiger partial charge < -0.3 is 14.2 Å². The fourth-order valence-corrected chi connectivity index (χ4v) is 1.93. The van der Waals surface area contributed by atoms with Gasteiger partial charge in [-0.1, -0.05) is 11.8 Å². The van der Waals surface area contributed by atoms with Crippen LogP contribution in [0.25, 0.3) is 0 Å². The van der Waals surface area contributed by atoms with E-state index in [1.807, 2.05) is 6.08 Å². The van der Waals surface area contributed by atoms with Gasteiger partial charge in [0.05, 0.1) is 13.0 Å². The van der Waals surface area contributed by atoms with Crippen LogP contribution in [0, 0.1) is 23.7 Å². The molecule has 2 heterocycles. The third-order valence-electron chi connectivity index (χ3n) is 2.62. The topological polar surface area (TPSA) is 44.8 Å². The Labute approximate surface area is 112 Å². The number of rotatable bonds is 1. The highest BCUT2D eigenvalue weighted by Crippen LogP contribution is 2.36. The number of carbonyl (C=O) groups excluding carboxylic acids is 1. The van der Waals surface area contributed by atoms with Crippen molar-refractivity contribution in [2.75, 3.05) is 6.61 Å². The summed E-state index contributed by atoms with van der Waals surface area (Å²) < 4.78 is 16.4. The van der Waals surface area contributed by atoms with Gasteiger partial charge in [0.15, 0.2) is 0 Å². The summed E-state index contributed by atoms with van der Waals surface area (Å²) in [5, 5.41) is 0. The van der Waals surface area contributed by atoms with Crippen molar-refractivity contribution in [2.24, 2.45) is 0 Å². The predicted molar refractivity (Wildman–Crippen MR) is 68.4 cm³/mol. The van der Waals surface area contributed by atoms with Gasteiger partial charge in [0.25, 0.3) is 0 Å². The van der Waals surface area contributed by atoms with Gasteiger partial charge in [0.1, 0.15) is 11.9 Å². The van der Waals surface area contributed by atoms with E-state index in [0.29, 0.717) is 18.8 Å². The number of hydrogen-bond donors (Lipinski definition) is 0. The van der Waals surface area contributed by atoms with Crippen molar-refractivity contribution in [2.45, 2.75) is 32.2 Å². The SMILES string of the molecule is CC#CC#C/C=C1\C=C[C@@]2(C[C@@H](OC(C)=O)CO2)O1. The molecule has 0 saturated carbocycles. The van der Waals surface area contributed by atoms with E-state index < -0.39 is 5.79 Å². The Balaban J connectivity index is 1.96. The second-order valence-electron chi connectivity index (χ2n) is 4.18. The average Bonchev–Trinajstić information content (AvgIpc) is 2.93. The molecule has 0 bridgehead atoms. The van der Waals surface area contributed by atoms with Crippen molar-refractivity contribution in [3.8, 4) is 23.7 Å². The molecule has 1 spiro atoms. The lowest BCUT2D eigenvalue weighted by Gasteiger charge is -2.20. The second kappa shape index (κ2) is 5.65. The standard InChI is InChI=1S/C15H14O4/c1-3-4-5-6-7-13-8-9-15(19-13)10-14(11-17-15)18-12(2)16/h7-9,14H,10-11H2,1-2H3/b13-7+/t14-,15+/m1/s1. The lowest BCUT2D eigenvalue weighted by atomic mass is 10.1. The van der Waals surface area contributed by atoms with Crippen LogP contribution in [-0.4, -0.2) is 24.5 Å². The van der Waals surface area contributed by atoms with E-state index in [1.165, 1.54) is 6.92 Å². The van der Waals surface area contributed by atoms with Crippen LogP contribution in [-0.2, 0) is 19.0 Å². The van der Waals surface area contributed by atoms with E-state index in [1.54, 1.807) is 19.1 Å². The highest BCUT2D eigenvalue weighted by atomic mass is 16.7. The maximum atomic E-state index is 10.9. The third-order valence-corrected chi connectivity index (χ3v) is 2.62. The zero-order valence-corrected chi connectivity index (χ0v) is 10.9. The summed E-state index contributed by atoms with van der Waals surface area (Å²) >= 11 is 0. The van der Waals surface area contributed by atoms with Crippen molar-refractivity contribution in [3.63, 3.8) is 0 Å². The van der Waals surface area contributed by atoms with Crippen molar-refractivity contribution < 1.29 is 19.0 Å². The molecule has 0 amide bonds. The van der Waals surface area contributed by atoms with Gasteiger partial charge in [-0.05, 0) is 30.9 Å². The fraction of sp³-hybridized carbons (Fsp3) is 0.400. The smallest absolute Gasteiger partial charge is 0.302 e. The molecule has 2 atom stereocenters. The van der Waals surface area contributed by atoms with Crippen LogP contribution >= 0.6 is 0 Å². The Hall–Kier alpha value is -2.17. The van der Waals surface area contributed by atoms with Crippen molar-refractivity contribution in [1.29, 1.82) is 0 Å². The lowest BCUT2D eigenvalue weighted by Crippen LogP contribution is -2.26. The van der Waals surface area contributed by atoms with Crippen molar-refractivity contribution >= 4 is 5.97 Å². The van der Waals surface area contributed by atoms with E-state index in [0.717, 1.165) is 0 Å². The quantitative estimate of drug-likeness (QED) is 0.528. The molecule has 1 fully saturated rings. The first kappa shape index (κ1) is 13.3. The average molecular weight is 258 g/mol. The van der Waals surface area contributed by atoms with E-state index in [9.17, 15) is 4.79 Å². The fourth-order valence-electron chi connectivity index (χ4n) is 1.93. The number of carbonyl (C=O) groups is 1. The summed E-state index contributed by atoms with van der Waals surface area (Å²) in [6, 6.07) is 0. The van der Waals surface area contributed by atoms with E-state index in [2.05, 4.69) is 23.7 Å². The minimum atomic E-state index is -0.815. The molecular weight excluding hydrogens is 244 g/mol. The number of ether oxygens (including phenoxy) is 3. The first-order valence-electron chi connectivity index (χ1n) is 5.95. The maximum absolute atomic E-state index is 10.9. The minimum absolute atomic E-state index is 0.265. The van der Waals surface area contributed by atoms with Gasteiger partial charge in [-0.2, -0.15) is 0 Å². The zero-order valence-electron chi connectivity index (χ0n) is 10.9. The molecule has 4 heteroatoms. The highest BCUT2D eigenvalue weighted by molar-refractivity contribution is 5.66. The molecule has 0 aromatic carbocycles. The van der Waals surface area contributed by atoms with Gasteiger partial charge in [0, 0.05) is 13.0 Å². The maximum Gasteiger partial charge on any atom is 0.302 e. The van der Waals surface area contributed by atoms with Crippen molar-refractivity contribution in [3.05, 3.63) is 24.0 Å². The van der Waals surface area contributed by atoms with Crippen LogP contribution in [0.15, 0.2) is 24.0 Å². The lowest BCUT2D eigenvalue weighted by molar-refractivity contribution is -0.146. The molecule has 0 N–H and O–H groups in total. The molecule has 1 saturated heterocycles. The largest absolute Gasteiger partial charge is 0.460 e. The van der Waals surface area contributed by atoms with Gasteiger partial charge in [0.2, 0.25) is 5.79 Å². The van der Waals surface area contributed by atoms with E-state index in [-0.39, 0.29) is 12.1 Å². The first-order chi connectivity index (χ1) is 9.13.